The Morgan fingerprint density at radius 2 is 2.05 bits per heavy atom. The lowest BCUT2D eigenvalue weighted by molar-refractivity contribution is -0.137. The molecule has 1 aromatic carbocycles. The minimum atomic E-state index is -0.911. The van der Waals surface area contributed by atoms with Gasteiger partial charge in [0.1, 0.15) is 5.82 Å². The maximum atomic E-state index is 12.7. The number of carboxylic acids is 1. The van der Waals surface area contributed by atoms with Crippen LogP contribution in [0.1, 0.15) is 19.3 Å². The third kappa shape index (κ3) is 3.43. The molecule has 1 fully saturated rings. The molecule has 1 saturated heterocycles. The molecule has 2 rings (SSSR count). The van der Waals surface area contributed by atoms with Gasteiger partial charge in [-0.2, -0.15) is 0 Å². The molecule has 102 valence electrons. The van der Waals surface area contributed by atoms with Gasteiger partial charge < -0.3 is 15.3 Å². The Hall–Kier alpha value is -2.11. The monoisotopic (exact) mass is 266 g/mol. The van der Waals surface area contributed by atoms with E-state index in [1.54, 1.807) is 0 Å². The van der Waals surface area contributed by atoms with Crippen LogP contribution in [0.3, 0.4) is 0 Å². The minimum Gasteiger partial charge on any atom is -0.481 e. The van der Waals surface area contributed by atoms with Crippen LogP contribution >= 0.6 is 0 Å². The minimum absolute atomic E-state index is 0.0448. The van der Waals surface area contributed by atoms with E-state index in [-0.39, 0.29) is 24.3 Å². The van der Waals surface area contributed by atoms with Crippen molar-refractivity contribution in [3.63, 3.8) is 0 Å². The first-order valence-electron chi connectivity index (χ1n) is 6.11. The van der Waals surface area contributed by atoms with Crippen LogP contribution in [0.25, 0.3) is 0 Å². The van der Waals surface area contributed by atoms with Crippen molar-refractivity contribution in [3.8, 4) is 0 Å². The second-order valence-corrected chi connectivity index (χ2v) is 4.52. The highest BCUT2D eigenvalue weighted by atomic mass is 19.1. The molecule has 2 N–H and O–H groups in total. The second-order valence-electron chi connectivity index (χ2n) is 4.52. The Kier molecular flexibility index (Phi) is 3.99. The number of amides is 2. The number of urea groups is 1. The number of nitrogens with zero attached hydrogens (tertiary/aromatic N) is 1. The highest BCUT2D eigenvalue weighted by molar-refractivity contribution is 5.90. The van der Waals surface area contributed by atoms with Gasteiger partial charge >= 0.3 is 12.0 Å². The van der Waals surface area contributed by atoms with Crippen LogP contribution in [-0.4, -0.2) is 34.6 Å². The van der Waals surface area contributed by atoms with Gasteiger partial charge in [0, 0.05) is 18.3 Å². The number of carbonyl (C=O) groups is 2. The zero-order valence-corrected chi connectivity index (χ0v) is 10.3. The zero-order valence-electron chi connectivity index (χ0n) is 10.3. The van der Waals surface area contributed by atoms with E-state index in [1.807, 2.05) is 0 Å². The number of rotatable bonds is 3. The molecule has 0 radical (unpaired) electrons. The van der Waals surface area contributed by atoms with Crippen molar-refractivity contribution in [3.05, 3.63) is 30.1 Å². The highest BCUT2D eigenvalue weighted by Crippen LogP contribution is 2.21. The van der Waals surface area contributed by atoms with Gasteiger partial charge in [-0.1, -0.05) is 0 Å². The number of hydrogen-bond acceptors (Lipinski definition) is 2. The van der Waals surface area contributed by atoms with E-state index in [2.05, 4.69) is 5.32 Å². The van der Waals surface area contributed by atoms with Gasteiger partial charge in [-0.15, -0.1) is 0 Å². The van der Waals surface area contributed by atoms with Crippen LogP contribution in [0, 0.1) is 5.82 Å². The van der Waals surface area contributed by atoms with Crippen LogP contribution in [0.2, 0.25) is 0 Å². The average Bonchev–Trinajstić information content (AvgIpc) is 2.79. The lowest BCUT2D eigenvalue weighted by Crippen LogP contribution is -2.39. The van der Waals surface area contributed by atoms with Crippen molar-refractivity contribution >= 4 is 17.7 Å². The summed E-state index contributed by atoms with van der Waals surface area (Å²) in [6, 6.07) is 4.85. The summed E-state index contributed by atoms with van der Waals surface area (Å²) in [5.74, 6) is -1.28. The first-order chi connectivity index (χ1) is 9.06. The second kappa shape index (κ2) is 5.69. The molecule has 0 spiro atoms. The molecule has 1 aliphatic heterocycles. The Labute approximate surface area is 110 Å². The molecule has 0 bridgehead atoms. The van der Waals surface area contributed by atoms with Crippen molar-refractivity contribution < 1.29 is 19.1 Å². The zero-order chi connectivity index (χ0) is 13.8. The number of aliphatic carboxylic acids is 1. The molecular formula is C13H15FN2O3. The van der Waals surface area contributed by atoms with E-state index in [1.165, 1.54) is 29.2 Å². The largest absolute Gasteiger partial charge is 0.481 e. The number of nitrogens with one attached hydrogen (secondary N) is 1. The fraction of sp³-hybridized carbons (Fsp3) is 0.385. The topological polar surface area (TPSA) is 69.6 Å². The van der Waals surface area contributed by atoms with E-state index in [9.17, 15) is 14.0 Å². The fourth-order valence-electron chi connectivity index (χ4n) is 2.25. The Morgan fingerprint density at radius 3 is 2.68 bits per heavy atom. The smallest absolute Gasteiger partial charge is 0.322 e. The van der Waals surface area contributed by atoms with Crippen molar-refractivity contribution in [2.45, 2.75) is 25.3 Å². The van der Waals surface area contributed by atoms with Gasteiger partial charge in [0.2, 0.25) is 0 Å². The number of carbonyl (C=O) groups excluding carboxylic acids is 1. The van der Waals surface area contributed by atoms with Crippen LogP contribution in [0.15, 0.2) is 24.3 Å². The van der Waals surface area contributed by atoms with E-state index >= 15 is 0 Å². The molecule has 6 heteroatoms. The lowest BCUT2D eigenvalue weighted by atomic mass is 10.1. The molecule has 2 amide bonds. The molecule has 19 heavy (non-hydrogen) atoms. The number of hydrogen-bond donors (Lipinski definition) is 2. The predicted molar refractivity (Wildman–Crippen MR) is 67.4 cm³/mol. The SMILES string of the molecule is O=C(O)CC1CCCN1C(=O)Nc1ccc(F)cc1. The van der Waals surface area contributed by atoms with Crippen molar-refractivity contribution in [2.75, 3.05) is 11.9 Å². The summed E-state index contributed by atoms with van der Waals surface area (Å²) in [5.41, 5.74) is 0.493. The average molecular weight is 266 g/mol. The predicted octanol–water partition coefficient (Wildman–Crippen LogP) is 2.30. The summed E-state index contributed by atoms with van der Waals surface area (Å²) in [6.45, 7) is 0.547. The number of benzene rings is 1. The van der Waals surface area contributed by atoms with Crippen molar-refractivity contribution in [2.24, 2.45) is 0 Å². The maximum Gasteiger partial charge on any atom is 0.322 e. The number of anilines is 1. The molecule has 1 atom stereocenters. The van der Waals surface area contributed by atoms with E-state index in [4.69, 9.17) is 5.11 Å². The number of halogens is 1. The Bertz CT molecular complexity index is 475. The van der Waals surface area contributed by atoms with Gasteiger partial charge in [0.05, 0.1) is 6.42 Å². The fourth-order valence-corrected chi connectivity index (χ4v) is 2.25. The van der Waals surface area contributed by atoms with Gasteiger partial charge in [-0.3, -0.25) is 4.79 Å². The maximum absolute atomic E-state index is 12.7. The first kappa shape index (κ1) is 13.3. The third-order valence-corrected chi connectivity index (χ3v) is 3.14. The van der Waals surface area contributed by atoms with E-state index < -0.39 is 5.97 Å². The number of likely N-dealkylation sites (tertiary alicyclic amines) is 1. The van der Waals surface area contributed by atoms with Gasteiger partial charge in [-0.05, 0) is 37.1 Å². The first-order valence-corrected chi connectivity index (χ1v) is 6.11. The van der Waals surface area contributed by atoms with Crippen molar-refractivity contribution in [1.82, 2.24) is 4.90 Å². The third-order valence-electron chi connectivity index (χ3n) is 3.14. The number of carboxylic acid groups (broad SMARTS) is 1. The van der Waals surface area contributed by atoms with Crippen LogP contribution in [-0.2, 0) is 4.79 Å². The summed E-state index contributed by atoms with van der Waals surface area (Å²) in [7, 11) is 0. The van der Waals surface area contributed by atoms with Crippen LogP contribution in [0.4, 0.5) is 14.9 Å². The molecule has 5 nitrogen and oxygen atoms in total. The highest BCUT2D eigenvalue weighted by Gasteiger charge is 2.30. The quantitative estimate of drug-likeness (QED) is 0.882. The molecule has 1 aliphatic rings. The summed E-state index contributed by atoms with van der Waals surface area (Å²) in [5, 5.41) is 11.4. The lowest BCUT2D eigenvalue weighted by Gasteiger charge is -2.23. The van der Waals surface area contributed by atoms with Crippen LogP contribution < -0.4 is 5.32 Å². The van der Waals surface area contributed by atoms with E-state index in [0.717, 1.165) is 6.42 Å². The normalized spacial score (nSPS) is 18.4. The molecular weight excluding hydrogens is 251 g/mol. The molecule has 1 heterocycles. The molecule has 0 aliphatic carbocycles. The van der Waals surface area contributed by atoms with E-state index in [0.29, 0.717) is 18.7 Å². The summed E-state index contributed by atoms with van der Waals surface area (Å²) in [6.07, 6.45) is 1.45. The van der Waals surface area contributed by atoms with Gasteiger partial charge in [0.25, 0.3) is 0 Å². The van der Waals surface area contributed by atoms with Crippen molar-refractivity contribution in [1.29, 1.82) is 0 Å². The Balaban J connectivity index is 1.98. The Morgan fingerprint density at radius 1 is 1.37 bits per heavy atom. The molecule has 1 aromatic rings. The summed E-state index contributed by atoms with van der Waals surface area (Å²) < 4.78 is 12.7. The molecule has 0 aromatic heterocycles. The van der Waals surface area contributed by atoms with Gasteiger partial charge in [0.15, 0.2) is 0 Å². The van der Waals surface area contributed by atoms with Crippen LogP contribution in [0.5, 0.6) is 0 Å². The summed E-state index contributed by atoms with van der Waals surface area (Å²) >= 11 is 0. The van der Waals surface area contributed by atoms with Gasteiger partial charge in [-0.25, -0.2) is 9.18 Å². The molecule has 1 unspecified atom stereocenters. The summed E-state index contributed by atoms with van der Waals surface area (Å²) in [4.78, 5) is 24.3. The standard InChI is InChI=1S/C13H15FN2O3/c14-9-3-5-10(6-4-9)15-13(19)16-7-1-2-11(16)8-12(17)18/h3-6,11H,1-2,7-8H2,(H,15,19)(H,17,18). The molecule has 0 saturated carbocycles.